The quantitative estimate of drug-likeness (QED) is 0.607. The van der Waals surface area contributed by atoms with Crippen LogP contribution in [0.15, 0.2) is 28.7 Å². The van der Waals surface area contributed by atoms with Crippen LogP contribution < -0.4 is 5.73 Å². The van der Waals surface area contributed by atoms with Gasteiger partial charge in [-0.25, -0.2) is 4.79 Å². The van der Waals surface area contributed by atoms with Gasteiger partial charge in [-0.1, -0.05) is 6.07 Å². The third kappa shape index (κ3) is 2.41. The van der Waals surface area contributed by atoms with Crippen molar-refractivity contribution >= 4 is 22.6 Å². The molecule has 2 aromatic rings. The molecule has 0 saturated heterocycles. The number of fused-ring (bicyclic) bond motifs is 1. The van der Waals surface area contributed by atoms with Crippen molar-refractivity contribution in [3.8, 4) is 0 Å². The van der Waals surface area contributed by atoms with E-state index in [4.69, 9.17) is 14.9 Å². The Hall–Kier alpha value is -1.97. The van der Waals surface area contributed by atoms with E-state index in [1.807, 2.05) is 20.8 Å². The molecule has 2 N–H and O–H groups in total. The zero-order valence-electron chi connectivity index (χ0n) is 10.1. The summed E-state index contributed by atoms with van der Waals surface area (Å²) in [5.41, 5.74) is 6.42. The fourth-order valence-electron chi connectivity index (χ4n) is 1.51. The van der Waals surface area contributed by atoms with Gasteiger partial charge in [0.15, 0.2) is 0 Å². The van der Waals surface area contributed by atoms with E-state index in [1.165, 1.54) is 0 Å². The summed E-state index contributed by atoms with van der Waals surface area (Å²) in [6, 6.07) is 6.91. The summed E-state index contributed by atoms with van der Waals surface area (Å²) in [5.74, 6) is -0.305. The molecule has 0 amide bonds. The van der Waals surface area contributed by atoms with Gasteiger partial charge in [-0.15, -0.1) is 0 Å². The number of anilines is 1. The first-order valence-electron chi connectivity index (χ1n) is 5.38. The van der Waals surface area contributed by atoms with Gasteiger partial charge >= 0.3 is 5.97 Å². The molecule has 0 aliphatic carbocycles. The van der Waals surface area contributed by atoms with Gasteiger partial charge in [-0.2, -0.15) is 0 Å². The largest absolute Gasteiger partial charge is 0.454 e. The Labute approximate surface area is 99.3 Å². The molecule has 0 atom stereocenters. The maximum atomic E-state index is 11.8. The summed E-state index contributed by atoms with van der Waals surface area (Å²) < 4.78 is 10.6. The van der Waals surface area contributed by atoms with Gasteiger partial charge in [-0.3, -0.25) is 0 Å². The molecule has 1 aromatic carbocycles. The van der Waals surface area contributed by atoms with Gasteiger partial charge in [0.1, 0.15) is 11.2 Å². The van der Waals surface area contributed by atoms with E-state index < -0.39 is 11.6 Å². The maximum absolute atomic E-state index is 11.8. The molecule has 4 heteroatoms. The van der Waals surface area contributed by atoms with Gasteiger partial charge in [0.05, 0.1) is 0 Å². The van der Waals surface area contributed by atoms with Crippen LogP contribution in [-0.4, -0.2) is 11.6 Å². The van der Waals surface area contributed by atoms with Crippen LogP contribution >= 0.6 is 0 Å². The monoisotopic (exact) mass is 233 g/mol. The Kier molecular flexibility index (Phi) is 2.58. The van der Waals surface area contributed by atoms with Crippen molar-refractivity contribution < 1.29 is 13.9 Å². The molecule has 0 aliphatic heterocycles. The number of carbonyl (C=O) groups is 1. The second kappa shape index (κ2) is 3.80. The summed E-state index contributed by atoms with van der Waals surface area (Å²) in [5, 5.41) is 0.730. The molecule has 0 aliphatic rings. The predicted octanol–water partition coefficient (Wildman–Crippen LogP) is 2.97. The average molecular weight is 233 g/mol. The van der Waals surface area contributed by atoms with Crippen molar-refractivity contribution in [2.45, 2.75) is 26.4 Å². The molecular weight excluding hydrogens is 218 g/mol. The Balaban J connectivity index is 2.37. The summed E-state index contributed by atoms with van der Waals surface area (Å²) in [4.78, 5) is 11.8. The lowest BCUT2D eigenvalue weighted by atomic mass is 10.2. The first-order chi connectivity index (χ1) is 7.87. The van der Waals surface area contributed by atoms with Crippen molar-refractivity contribution in [1.29, 1.82) is 0 Å². The Morgan fingerprint density at radius 3 is 2.65 bits per heavy atom. The van der Waals surface area contributed by atoms with Crippen molar-refractivity contribution in [1.82, 2.24) is 0 Å². The van der Waals surface area contributed by atoms with Crippen LogP contribution in [0.25, 0.3) is 11.0 Å². The topological polar surface area (TPSA) is 65.5 Å². The van der Waals surface area contributed by atoms with E-state index in [-0.39, 0.29) is 5.76 Å². The van der Waals surface area contributed by atoms with Crippen LogP contribution in [0.3, 0.4) is 0 Å². The van der Waals surface area contributed by atoms with Crippen LogP contribution in [0, 0.1) is 0 Å². The van der Waals surface area contributed by atoms with Crippen LogP contribution in [0.1, 0.15) is 31.3 Å². The highest BCUT2D eigenvalue weighted by Crippen LogP contribution is 2.25. The highest BCUT2D eigenvalue weighted by molar-refractivity contribution is 5.97. The fraction of sp³-hybridized carbons (Fsp3) is 0.308. The van der Waals surface area contributed by atoms with Crippen LogP contribution in [0.4, 0.5) is 5.69 Å². The lowest BCUT2D eigenvalue weighted by Gasteiger charge is -2.18. The Morgan fingerprint density at radius 1 is 1.35 bits per heavy atom. The lowest BCUT2D eigenvalue weighted by molar-refractivity contribution is 0.00382. The van der Waals surface area contributed by atoms with E-state index >= 15 is 0 Å². The van der Waals surface area contributed by atoms with Gasteiger partial charge in [-0.05, 0) is 32.9 Å². The standard InChI is InChI=1S/C13H15NO3/c1-13(2,3)17-12(15)11-7-8-9(14)5-4-6-10(8)16-11/h4-7H,14H2,1-3H3. The zero-order valence-corrected chi connectivity index (χ0v) is 10.1. The highest BCUT2D eigenvalue weighted by Gasteiger charge is 2.21. The van der Waals surface area contributed by atoms with Crippen molar-refractivity contribution in [2.24, 2.45) is 0 Å². The predicted molar refractivity (Wildman–Crippen MR) is 65.8 cm³/mol. The summed E-state index contributed by atoms with van der Waals surface area (Å²) in [7, 11) is 0. The molecule has 1 aromatic heterocycles. The number of nitrogens with two attached hydrogens (primary N) is 1. The van der Waals surface area contributed by atoms with Gasteiger partial charge in [0.25, 0.3) is 0 Å². The number of carbonyl (C=O) groups excluding carboxylic acids is 1. The Bertz CT molecular complexity index is 564. The van der Waals surface area contributed by atoms with Gasteiger partial charge in [0.2, 0.25) is 5.76 Å². The molecule has 1 heterocycles. The molecule has 0 fully saturated rings. The van der Waals surface area contributed by atoms with Gasteiger partial charge in [0, 0.05) is 17.1 Å². The number of ether oxygens (including phenoxy) is 1. The van der Waals surface area contributed by atoms with E-state index in [2.05, 4.69) is 0 Å². The van der Waals surface area contributed by atoms with Crippen molar-refractivity contribution in [2.75, 3.05) is 5.73 Å². The number of furan rings is 1. The Morgan fingerprint density at radius 2 is 2.06 bits per heavy atom. The lowest BCUT2D eigenvalue weighted by Crippen LogP contribution is -2.23. The summed E-state index contributed by atoms with van der Waals surface area (Å²) in [6.45, 7) is 5.42. The van der Waals surface area contributed by atoms with Crippen LogP contribution in [0.5, 0.6) is 0 Å². The minimum atomic E-state index is -0.540. The van der Waals surface area contributed by atoms with Crippen molar-refractivity contribution in [3.63, 3.8) is 0 Å². The van der Waals surface area contributed by atoms with E-state index in [1.54, 1.807) is 24.3 Å². The minimum absolute atomic E-state index is 0.174. The summed E-state index contributed by atoms with van der Waals surface area (Å²) >= 11 is 0. The molecule has 90 valence electrons. The second-order valence-corrected chi connectivity index (χ2v) is 4.87. The third-order valence-corrected chi connectivity index (χ3v) is 2.20. The molecule has 0 radical (unpaired) electrons. The van der Waals surface area contributed by atoms with E-state index in [9.17, 15) is 4.79 Å². The molecule has 0 bridgehead atoms. The molecule has 2 rings (SSSR count). The molecule has 17 heavy (non-hydrogen) atoms. The summed E-state index contributed by atoms with van der Waals surface area (Å²) in [6.07, 6.45) is 0. The van der Waals surface area contributed by atoms with Crippen LogP contribution in [0.2, 0.25) is 0 Å². The molecule has 0 saturated carbocycles. The van der Waals surface area contributed by atoms with Crippen LogP contribution in [-0.2, 0) is 4.74 Å². The van der Waals surface area contributed by atoms with Crippen molar-refractivity contribution in [3.05, 3.63) is 30.0 Å². The SMILES string of the molecule is CC(C)(C)OC(=O)c1cc2c(N)cccc2o1. The number of hydrogen-bond donors (Lipinski definition) is 1. The molecular formula is C13H15NO3. The number of benzene rings is 1. The zero-order chi connectivity index (χ0) is 12.6. The number of rotatable bonds is 1. The molecule has 4 nitrogen and oxygen atoms in total. The third-order valence-electron chi connectivity index (χ3n) is 2.20. The first-order valence-corrected chi connectivity index (χ1v) is 5.38. The minimum Gasteiger partial charge on any atom is -0.454 e. The highest BCUT2D eigenvalue weighted by atomic mass is 16.6. The van der Waals surface area contributed by atoms with Gasteiger partial charge < -0.3 is 14.9 Å². The molecule has 0 spiro atoms. The first kappa shape index (κ1) is 11.5. The second-order valence-electron chi connectivity index (χ2n) is 4.87. The number of nitrogen functional groups attached to an aromatic ring is 1. The van der Waals surface area contributed by atoms with E-state index in [0.29, 0.717) is 11.3 Å². The average Bonchev–Trinajstić information content (AvgIpc) is 2.60. The number of esters is 1. The smallest absolute Gasteiger partial charge is 0.374 e. The maximum Gasteiger partial charge on any atom is 0.374 e. The number of hydrogen-bond acceptors (Lipinski definition) is 4. The normalized spacial score (nSPS) is 11.7. The fourth-order valence-corrected chi connectivity index (χ4v) is 1.51. The van der Waals surface area contributed by atoms with E-state index in [0.717, 1.165) is 5.39 Å². The molecule has 0 unspecified atom stereocenters.